The van der Waals surface area contributed by atoms with Crippen LogP contribution < -0.4 is 5.32 Å². The molecule has 130 valence electrons. The maximum atomic E-state index is 13.9. The number of hydrogen-bond acceptors (Lipinski definition) is 3. The second kappa shape index (κ2) is 7.42. The number of anilines is 1. The SMILES string of the molecule is Cc1cncc(NC(=O)C(=O)N(Cc2ccccc2F)C2CCC2)c1. The minimum atomic E-state index is -0.726. The lowest BCUT2D eigenvalue weighted by molar-refractivity contribution is -0.146. The molecule has 2 aromatic rings. The highest BCUT2D eigenvalue weighted by atomic mass is 19.1. The van der Waals surface area contributed by atoms with Crippen molar-refractivity contribution in [2.75, 3.05) is 5.32 Å². The molecule has 0 aliphatic heterocycles. The number of aryl methyl sites for hydroxylation is 1. The van der Waals surface area contributed by atoms with E-state index in [0.29, 0.717) is 11.3 Å². The molecule has 0 bridgehead atoms. The minimum Gasteiger partial charge on any atom is -0.327 e. The van der Waals surface area contributed by atoms with Crippen molar-refractivity contribution in [2.24, 2.45) is 0 Å². The maximum Gasteiger partial charge on any atom is 0.313 e. The Kier molecular flexibility index (Phi) is 5.07. The van der Waals surface area contributed by atoms with Crippen LogP contribution in [0.15, 0.2) is 42.7 Å². The Labute approximate surface area is 145 Å². The van der Waals surface area contributed by atoms with Crippen LogP contribution in [0, 0.1) is 12.7 Å². The van der Waals surface area contributed by atoms with Gasteiger partial charge >= 0.3 is 11.8 Å². The third-order valence-corrected chi connectivity index (χ3v) is 4.40. The summed E-state index contributed by atoms with van der Waals surface area (Å²) in [5.41, 5.74) is 1.76. The van der Waals surface area contributed by atoms with Crippen molar-refractivity contribution in [1.29, 1.82) is 0 Å². The highest BCUT2D eigenvalue weighted by Gasteiger charge is 2.32. The van der Waals surface area contributed by atoms with E-state index in [9.17, 15) is 14.0 Å². The van der Waals surface area contributed by atoms with Gasteiger partial charge in [0.15, 0.2) is 0 Å². The molecule has 0 saturated heterocycles. The quantitative estimate of drug-likeness (QED) is 0.870. The molecule has 2 amide bonds. The Hall–Kier alpha value is -2.76. The molecule has 1 fully saturated rings. The van der Waals surface area contributed by atoms with Gasteiger partial charge in [-0.25, -0.2) is 4.39 Å². The second-order valence-electron chi connectivity index (χ2n) is 6.31. The van der Waals surface area contributed by atoms with Gasteiger partial charge in [0.1, 0.15) is 5.82 Å². The second-order valence-corrected chi connectivity index (χ2v) is 6.31. The van der Waals surface area contributed by atoms with E-state index in [1.807, 2.05) is 6.92 Å². The Morgan fingerprint density at radius 1 is 1.28 bits per heavy atom. The van der Waals surface area contributed by atoms with Crippen molar-refractivity contribution in [3.05, 3.63) is 59.7 Å². The molecule has 0 unspecified atom stereocenters. The monoisotopic (exact) mass is 341 g/mol. The highest BCUT2D eigenvalue weighted by molar-refractivity contribution is 6.39. The zero-order valence-corrected chi connectivity index (χ0v) is 14.0. The average molecular weight is 341 g/mol. The van der Waals surface area contributed by atoms with E-state index >= 15 is 0 Å². The lowest BCUT2D eigenvalue weighted by atomic mass is 9.91. The van der Waals surface area contributed by atoms with Gasteiger partial charge in [0, 0.05) is 24.3 Å². The van der Waals surface area contributed by atoms with Crippen LogP contribution in [0.1, 0.15) is 30.4 Å². The lowest BCUT2D eigenvalue weighted by Crippen LogP contribution is -2.48. The number of rotatable bonds is 4. The number of nitrogens with zero attached hydrogens (tertiary/aromatic N) is 2. The molecule has 0 atom stereocenters. The summed E-state index contributed by atoms with van der Waals surface area (Å²) in [4.78, 5) is 30.5. The molecule has 1 aromatic heterocycles. The number of nitrogens with one attached hydrogen (secondary N) is 1. The zero-order valence-electron chi connectivity index (χ0n) is 14.0. The molecule has 1 aromatic carbocycles. The van der Waals surface area contributed by atoms with E-state index in [1.54, 1.807) is 30.5 Å². The van der Waals surface area contributed by atoms with E-state index < -0.39 is 11.8 Å². The van der Waals surface area contributed by atoms with Crippen LogP contribution in [0.3, 0.4) is 0 Å². The smallest absolute Gasteiger partial charge is 0.313 e. The molecular weight excluding hydrogens is 321 g/mol. The van der Waals surface area contributed by atoms with Crippen LogP contribution in [0.25, 0.3) is 0 Å². The highest BCUT2D eigenvalue weighted by Crippen LogP contribution is 2.27. The van der Waals surface area contributed by atoms with Gasteiger partial charge in [-0.2, -0.15) is 0 Å². The topological polar surface area (TPSA) is 62.3 Å². The number of halogens is 1. The van der Waals surface area contributed by atoms with Crippen LogP contribution >= 0.6 is 0 Å². The summed E-state index contributed by atoms with van der Waals surface area (Å²) < 4.78 is 13.9. The number of amides is 2. The third kappa shape index (κ3) is 4.02. The number of hydrogen-bond donors (Lipinski definition) is 1. The number of benzene rings is 1. The van der Waals surface area contributed by atoms with Crippen LogP contribution in [0.2, 0.25) is 0 Å². The maximum absolute atomic E-state index is 13.9. The third-order valence-electron chi connectivity index (χ3n) is 4.40. The molecular formula is C19H20FN3O2. The first-order chi connectivity index (χ1) is 12.0. The molecule has 0 radical (unpaired) electrons. The van der Waals surface area contributed by atoms with Gasteiger partial charge in [0.05, 0.1) is 11.9 Å². The Balaban J connectivity index is 1.75. The van der Waals surface area contributed by atoms with Gasteiger partial charge < -0.3 is 10.2 Å². The molecule has 0 spiro atoms. The minimum absolute atomic E-state index is 0.0199. The standard InChI is InChI=1S/C19H20FN3O2/c1-13-9-15(11-21-10-13)22-18(24)19(25)23(16-6-4-7-16)12-14-5-2-3-8-17(14)20/h2-3,5,8-11,16H,4,6-7,12H2,1H3,(H,22,24). The molecule has 5 nitrogen and oxygen atoms in total. The van der Waals surface area contributed by atoms with Crippen molar-refractivity contribution < 1.29 is 14.0 Å². The van der Waals surface area contributed by atoms with Gasteiger partial charge in [-0.1, -0.05) is 18.2 Å². The summed E-state index contributed by atoms with van der Waals surface area (Å²) >= 11 is 0. The number of pyridine rings is 1. The first-order valence-electron chi connectivity index (χ1n) is 8.31. The molecule has 1 N–H and O–H groups in total. The van der Waals surface area contributed by atoms with E-state index in [-0.39, 0.29) is 18.4 Å². The number of carbonyl (C=O) groups is 2. The van der Waals surface area contributed by atoms with Gasteiger partial charge in [-0.3, -0.25) is 14.6 Å². The van der Waals surface area contributed by atoms with Crippen LogP contribution in [0.5, 0.6) is 0 Å². The summed E-state index contributed by atoms with van der Waals surface area (Å²) in [6.07, 6.45) is 5.83. The first-order valence-corrected chi connectivity index (χ1v) is 8.31. The van der Waals surface area contributed by atoms with E-state index in [0.717, 1.165) is 24.8 Å². The summed E-state index contributed by atoms with van der Waals surface area (Å²) in [5, 5.41) is 2.58. The normalized spacial score (nSPS) is 13.8. The van der Waals surface area contributed by atoms with Crippen molar-refractivity contribution >= 4 is 17.5 Å². The molecule has 25 heavy (non-hydrogen) atoms. The van der Waals surface area contributed by atoms with Crippen LogP contribution in [-0.2, 0) is 16.1 Å². The van der Waals surface area contributed by atoms with Crippen LogP contribution in [-0.4, -0.2) is 27.7 Å². The van der Waals surface area contributed by atoms with E-state index in [4.69, 9.17) is 0 Å². The predicted octanol–water partition coefficient (Wildman–Crippen LogP) is 3.05. The fraction of sp³-hybridized carbons (Fsp3) is 0.316. The molecule has 1 saturated carbocycles. The van der Waals surface area contributed by atoms with Gasteiger partial charge in [-0.05, 0) is 43.9 Å². The van der Waals surface area contributed by atoms with Crippen LogP contribution in [0.4, 0.5) is 10.1 Å². The van der Waals surface area contributed by atoms with Crippen molar-refractivity contribution in [1.82, 2.24) is 9.88 Å². The predicted molar refractivity (Wildman–Crippen MR) is 92.2 cm³/mol. The fourth-order valence-electron chi connectivity index (χ4n) is 2.81. The Morgan fingerprint density at radius 2 is 2.04 bits per heavy atom. The van der Waals surface area contributed by atoms with E-state index in [1.165, 1.54) is 17.2 Å². The lowest BCUT2D eigenvalue weighted by Gasteiger charge is -2.37. The van der Waals surface area contributed by atoms with Crippen molar-refractivity contribution in [3.8, 4) is 0 Å². The Bertz CT molecular complexity index is 790. The summed E-state index contributed by atoms with van der Waals surface area (Å²) in [6, 6.07) is 8.04. The molecule has 1 heterocycles. The molecule has 1 aliphatic rings. The zero-order chi connectivity index (χ0) is 17.8. The summed E-state index contributed by atoms with van der Waals surface area (Å²) in [5.74, 6) is -1.74. The van der Waals surface area contributed by atoms with Gasteiger partial charge in [-0.15, -0.1) is 0 Å². The van der Waals surface area contributed by atoms with Gasteiger partial charge in [0.2, 0.25) is 0 Å². The van der Waals surface area contributed by atoms with Gasteiger partial charge in [0.25, 0.3) is 0 Å². The fourth-order valence-corrected chi connectivity index (χ4v) is 2.81. The average Bonchev–Trinajstić information content (AvgIpc) is 2.54. The molecule has 6 heteroatoms. The van der Waals surface area contributed by atoms with Crippen molar-refractivity contribution in [3.63, 3.8) is 0 Å². The first kappa shape index (κ1) is 17.1. The largest absolute Gasteiger partial charge is 0.327 e. The molecule has 3 rings (SSSR count). The number of aromatic nitrogens is 1. The molecule has 1 aliphatic carbocycles. The van der Waals surface area contributed by atoms with E-state index in [2.05, 4.69) is 10.3 Å². The summed E-state index contributed by atoms with van der Waals surface area (Å²) in [7, 11) is 0. The summed E-state index contributed by atoms with van der Waals surface area (Å²) in [6.45, 7) is 1.94. The Morgan fingerprint density at radius 3 is 2.68 bits per heavy atom. The number of carbonyl (C=O) groups excluding carboxylic acids is 2. The van der Waals surface area contributed by atoms with Crippen molar-refractivity contribution in [2.45, 2.75) is 38.8 Å².